The van der Waals surface area contributed by atoms with Gasteiger partial charge in [-0.1, -0.05) is 49.2 Å². The molecule has 28 heavy (non-hydrogen) atoms. The molecular formula is C23H20N4O. The summed E-state index contributed by atoms with van der Waals surface area (Å²) < 4.78 is 0. The summed E-state index contributed by atoms with van der Waals surface area (Å²) in [7, 11) is 0. The molecule has 2 aromatic carbocycles. The van der Waals surface area contributed by atoms with Crippen LogP contribution < -0.4 is 5.73 Å². The summed E-state index contributed by atoms with van der Waals surface area (Å²) >= 11 is 0. The number of benzene rings is 2. The number of hydrogen-bond acceptors (Lipinski definition) is 4. The molecule has 2 N–H and O–H groups in total. The number of nitrogens with two attached hydrogens (primary N) is 1. The number of nitrogens with zero attached hydrogens (tertiary/aromatic N) is 3. The number of carbonyl (C=O) groups is 1. The van der Waals surface area contributed by atoms with Gasteiger partial charge >= 0.3 is 0 Å². The van der Waals surface area contributed by atoms with E-state index >= 15 is 0 Å². The Bertz CT molecular complexity index is 1160. The molecule has 3 aromatic rings. The number of amides is 1. The standard InChI is InChI=1S/C23H20N4O/c24-12-14-6-1-4-9-16(14)17-10-5-11-18-21(25)20-19(26-22(17)18)13-27(23(20)28)15-7-2-3-8-15/h1,4-6,9-11,15H,2-3,7-8,13H2,(H2,25,26). The molecule has 5 nitrogen and oxygen atoms in total. The van der Waals surface area contributed by atoms with Crippen molar-refractivity contribution in [2.75, 3.05) is 5.73 Å². The van der Waals surface area contributed by atoms with Crippen LogP contribution in [0.25, 0.3) is 22.0 Å². The number of fused-ring (bicyclic) bond motifs is 2. The van der Waals surface area contributed by atoms with Crippen LogP contribution in [0.1, 0.15) is 47.3 Å². The molecule has 0 bridgehead atoms. The fourth-order valence-corrected chi connectivity index (χ4v) is 4.64. The van der Waals surface area contributed by atoms with E-state index in [1.54, 1.807) is 6.07 Å². The summed E-state index contributed by atoms with van der Waals surface area (Å²) in [6, 6.07) is 15.8. The first-order valence-electron chi connectivity index (χ1n) is 9.70. The molecule has 0 radical (unpaired) electrons. The lowest BCUT2D eigenvalue weighted by Gasteiger charge is -2.23. The number of para-hydroxylation sites is 1. The van der Waals surface area contributed by atoms with Crippen molar-refractivity contribution in [3.63, 3.8) is 0 Å². The van der Waals surface area contributed by atoms with Crippen LogP contribution >= 0.6 is 0 Å². The smallest absolute Gasteiger partial charge is 0.258 e. The summed E-state index contributed by atoms with van der Waals surface area (Å²) in [5, 5.41) is 10.3. The van der Waals surface area contributed by atoms with Crippen LogP contribution in [0.4, 0.5) is 5.69 Å². The number of anilines is 1. The Morgan fingerprint density at radius 2 is 1.82 bits per heavy atom. The molecule has 5 rings (SSSR count). The van der Waals surface area contributed by atoms with Crippen molar-refractivity contribution >= 4 is 22.5 Å². The molecule has 0 spiro atoms. The van der Waals surface area contributed by atoms with E-state index < -0.39 is 0 Å². The Morgan fingerprint density at radius 3 is 2.61 bits per heavy atom. The van der Waals surface area contributed by atoms with Crippen molar-refractivity contribution in [1.82, 2.24) is 9.88 Å². The molecule has 1 saturated carbocycles. The molecular weight excluding hydrogens is 348 g/mol. The lowest BCUT2D eigenvalue weighted by atomic mass is 9.96. The van der Waals surface area contributed by atoms with Gasteiger partial charge in [-0.3, -0.25) is 4.79 Å². The van der Waals surface area contributed by atoms with Crippen molar-refractivity contribution < 1.29 is 4.79 Å². The Balaban J connectivity index is 1.70. The molecule has 138 valence electrons. The van der Waals surface area contributed by atoms with Gasteiger partial charge < -0.3 is 10.6 Å². The van der Waals surface area contributed by atoms with Gasteiger partial charge in [0, 0.05) is 22.6 Å². The molecule has 1 amide bonds. The predicted octanol–water partition coefficient (Wildman–Crippen LogP) is 4.25. The first-order chi connectivity index (χ1) is 13.7. The highest BCUT2D eigenvalue weighted by atomic mass is 16.2. The predicted molar refractivity (Wildman–Crippen MR) is 108 cm³/mol. The number of pyridine rings is 1. The van der Waals surface area contributed by atoms with Crippen LogP contribution in [0.2, 0.25) is 0 Å². The average molecular weight is 368 g/mol. The molecule has 0 saturated heterocycles. The summed E-state index contributed by atoms with van der Waals surface area (Å²) in [5.74, 6) is 0.0108. The molecule has 1 aliphatic carbocycles. The Morgan fingerprint density at radius 1 is 1.07 bits per heavy atom. The van der Waals surface area contributed by atoms with Crippen LogP contribution in [0.15, 0.2) is 42.5 Å². The van der Waals surface area contributed by atoms with Crippen molar-refractivity contribution in [2.45, 2.75) is 38.3 Å². The van der Waals surface area contributed by atoms with Gasteiger partial charge in [-0.2, -0.15) is 5.26 Å². The van der Waals surface area contributed by atoms with E-state index in [1.807, 2.05) is 41.3 Å². The largest absolute Gasteiger partial charge is 0.397 e. The van der Waals surface area contributed by atoms with Gasteiger partial charge in [-0.05, 0) is 18.9 Å². The molecule has 2 heterocycles. The van der Waals surface area contributed by atoms with Gasteiger partial charge in [-0.15, -0.1) is 0 Å². The van der Waals surface area contributed by atoms with E-state index in [2.05, 4.69) is 6.07 Å². The fraction of sp³-hybridized carbons (Fsp3) is 0.261. The van der Waals surface area contributed by atoms with Crippen molar-refractivity contribution in [3.8, 4) is 17.2 Å². The number of nitriles is 1. The quantitative estimate of drug-likeness (QED) is 0.733. The monoisotopic (exact) mass is 368 g/mol. The second kappa shape index (κ2) is 6.35. The van der Waals surface area contributed by atoms with Gasteiger partial charge in [0.25, 0.3) is 5.91 Å². The zero-order valence-electron chi connectivity index (χ0n) is 15.5. The maximum Gasteiger partial charge on any atom is 0.258 e. The maximum atomic E-state index is 13.1. The van der Waals surface area contributed by atoms with Crippen LogP contribution in [0, 0.1) is 11.3 Å². The summed E-state index contributed by atoms with van der Waals surface area (Å²) in [6.07, 6.45) is 4.45. The Hall–Kier alpha value is -3.39. The van der Waals surface area contributed by atoms with Crippen LogP contribution in [-0.2, 0) is 6.54 Å². The molecule has 2 aliphatic rings. The van der Waals surface area contributed by atoms with E-state index in [0.717, 1.165) is 40.6 Å². The zero-order valence-corrected chi connectivity index (χ0v) is 15.5. The zero-order chi connectivity index (χ0) is 19.3. The van der Waals surface area contributed by atoms with E-state index in [0.29, 0.717) is 29.4 Å². The Kier molecular flexibility index (Phi) is 3.80. The van der Waals surface area contributed by atoms with Crippen LogP contribution in [-0.4, -0.2) is 21.8 Å². The van der Waals surface area contributed by atoms with Crippen molar-refractivity contribution in [2.24, 2.45) is 0 Å². The first-order valence-corrected chi connectivity index (χ1v) is 9.70. The SMILES string of the molecule is N#Cc1ccccc1-c1cccc2c(N)c3c(nc12)CN(C1CCCC1)C3=O. The molecule has 0 atom stereocenters. The lowest BCUT2D eigenvalue weighted by Crippen LogP contribution is -2.33. The second-order valence-electron chi connectivity index (χ2n) is 7.58. The van der Waals surface area contributed by atoms with E-state index in [9.17, 15) is 10.1 Å². The van der Waals surface area contributed by atoms with Gasteiger partial charge in [-0.25, -0.2) is 4.98 Å². The summed E-state index contributed by atoms with van der Waals surface area (Å²) in [5.41, 5.74) is 11.4. The average Bonchev–Trinajstić information content (AvgIpc) is 3.36. The lowest BCUT2D eigenvalue weighted by molar-refractivity contribution is 0.0707. The third-order valence-electron chi connectivity index (χ3n) is 6.03. The molecule has 5 heteroatoms. The van der Waals surface area contributed by atoms with Gasteiger partial charge in [0.15, 0.2) is 0 Å². The minimum Gasteiger partial charge on any atom is -0.397 e. The van der Waals surface area contributed by atoms with E-state index in [4.69, 9.17) is 10.7 Å². The van der Waals surface area contributed by atoms with Crippen LogP contribution in [0.5, 0.6) is 0 Å². The number of carbonyl (C=O) groups excluding carboxylic acids is 1. The molecule has 1 fully saturated rings. The van der Waals surface area contributed by atoms with Crippen LogP contribution in [0.3, 0.4) is 0 Å². The fourth-order valence-electron chi connectivity index (χ4n) is 4.64. The summed E-state index contributed by atoms with van der Waals surface area (Å²) in [6.45, 7) is 0.521. The maximum absolute atomic E-state index is 13.1. The number of hydrogen-bond donors (Lipinski definition) is 1. The second-order valence-corrected chi connectivity index (χ2v) is 7.58. The minimum atomic E-state index is 0.0108. The number of aromatic nitrogens is 1. The third-order valence-corrected chi connectivity index (χ3v) is 6.03. The first kappa shape index (κ1) is 16.8. The third kappa shape index (κ3) is 2.38. The normalized spacial score (nSPS) is 16.5. The van der Waals surface area contributed by atoms with Crippen molar-refractivity contribution in [3.05, 3.63) is 59.3 Å². The van der Waals surface area contributed by atoms with Gasteiger partial charge in [0.2, 0.25) is 0 Å². The van der Waals surface area contributed by atoms with Crippen molar-refractivity contribution in [1.29, 1.82) is 5.26 Å². The Labute approximate surface area is 163 Å². The summed E-state index contributed by atoms with van der Waals surface area (Å²) in [4.78, 5) is 19.9. The highest BCUT2D eigenvalue weighted by Crippen LogP contribution is 2.39. The molecule has 1 aromatic heterocycles. The molecule has 1 aliphatic heterocycles. The van der Waals surface area contributed by atoms with Gasteiger partial charge in [0.05, 0.1) is 40.6 Å². The minimum absolute atomic E-state index is 0.0108. The highest BCUT2D eigenvalue weighted by Gasteiger charge is 2.37. The highest BCUT2D eigenvalue weighted by molar-refractivity contribution is 6.11. The number of rotatable bonds is 2. The molecule has 0 unspecified atom stereocenters. The van der Waals surface area contributed by atoms with E-state index in [1.165, 1.54) is 12.8 Å². The topological polar surface area (TPSA) is 83.0 Å². The number of nitrogen functional groups attached to an aromatic ring is 1. The van der Waals surface area contributed by atoms with Gasteiger partial charge in [0.1, 0.15) is 0 Å². The van der Waals surface area contributed by atoms with E-state index in [-0.39, 0.29) is 5.91 Å².